The van der Waals surface area contributed by atoms with Crippen molar-refractivity contribution in [1.82, 2.24) is 0 Å². The molecule has 0 aliphatic heterocycles. The van der Waals surface area contributed by atoms with Crippen molar-refractivity contribution in [1.29, 1.82) is 0 Å². The lowest BCUT2D eigenvalue weighted by Crippen LogP contribution is -2.42. The Hall–Kier alpha value is 0. The van der Waals surface area contributed by atoms with E-state index >= 15 is 0 Å². The van der Waals surface area contributed by atoms with E-state index in [0.717, 1.165) is 0 Å². The van der Waals surface area contributed by atoms with Gasteiger partial charge in [-0.25, -0.2) is 0 Å². The molecular weight excluding hydrogens is 144 g/mol. The fourth-order valence-corrected chi connectivity index (χ4v) is 1.36. The van der Waals surface area contributed by atoms with Crippen LogP contribution in [0.4, 0.5) is 0 Å². The molecule has 0 heterocycles. The van der Waals surface area contributed by atoms with Crippen LogP contribution in [0, 0.1) is 23.2 Å². The quantitative estimate of drug-likeness (QED) is 0.590. The van der Waals surface area contributed by atoms with Crippen molar-refractivity contribution in [3.05, 3.63) is 6.92 Å². The van der Waals surface area contributed by atoms with Crippen LogP contribution in [0.25, 0.3) is 0 Å². The molecule has 0 N–H and O–H groups in total. The fraction of sp³-hybridized carbons (Fsp3) is 0.917. The van der Waals surface area contributed by atoms with Crippen LogP contribution in [0.5, 0.6) is 0 Å². The topological polar surface area (TPSA) is 0 Å². The fourth-order valence-electron chi connectivity index (χ4n) is 1.36. The van der Waals surface area contributed by atoms with Gasteiger partial charge in [-0.05, 0) is 23.2 Å². The molecule has 0 aromatic carbocycles. The van der Waals surface area contributed by atoms with Gasteiger partial charge in [-0.3, -0.25) is 0 Å². The maximum atomic E-state index is 4.26. The van der Waals surface area contributed by atoms with Crippen molar-refractivity contribution >= 4 is 0 Å². The summed E-state index contributed by atoms with van der Waals surface area (Å²) in [5.74, 6) is 0. The molecule has 0 aliphatic rings. The number of hydrogen-bond donors (Lipinski definition) is 0. The molecule has 0 nitrogen and oxygen atoms in total. The molecule has 0 fully saturated rings. The molecule has 0 aliphatic carbocycles. The molecule has 0 unspecified atom stereocenters. The highest BCUT2D eigenvalue weighted by Gasteiger charge is 2.44. The van der Waals surface area contributed by atoms with Gasteiger partial charge >= 0.3 is 0 Å². The van der Waals surface area contributed by atoms with E-state index in [2.05, 4.69) is 55.4 Å². The Balaban J connectivity index is 4.85. The van der Waals surface area contributed by atoms with Gasteiger partial charge in [-0.1, -0.05) is 54.9 Å². The Labute approximate surface area is 78.8 Å². The standard InChI is InChI=1S/C12H25/c1-9-11(5,6)12(7,8)10(2,3)4/h2,9H2,1,3-8H3. The van der Waals surface area contributed by atoms with Gasteiger partial charge in [0.25, 0.3) is 0 Å². The summed E-state index contributed by atoms with van der Waals surface area (Å²) in [7, 11) is 0. The number of rotatable bonds is 3. The lowest BCUT2D eigenvalue weighted by atomic mass is 9.55. The third kappa shape index (κ3) is 1.84. The molecule has 0 rings (SSSR count). The zero-order valence-electron chi connectivity index (χ0n) is 9.91. The third-order valence-corrected chi connectivity index (χ3v) is 4.27. The predicted molar refractivity (Wildman–Crippen MR) is 57.0 cm³/mol. The minimum atomic E-state index is 0.131. The van der Waals surface area contributed by atoms with E-state index in [1.807, 2.05) is 0 Å². The van der Waals surface area contributed by atoms with Crippen molar-refractivity contribution in [3.63, 3.8) is 0 Å². The van der Waals surface area contributed by atoms with E-state index in [9.17, 15) is 0 Å². The third-order valence-electron chi connectivity index (χ3n) is 4.27. The molecule has 0 atom stereocenters. The average Bonchev–Trinajstić information content (AvgIpc) is 1.85. The van der Waals surface area contributed by atoms with Gasteiger partial charge in [0, 0.05) is 0 Å². The Bertz CT molecular complexity index is 144. The molecule has 0 aromatic rings. The second-order valence-corrected chi connectivity index (χ2v) is 5.75. The van der Waals surface area contributed by atoms with E-state index in [-0.39, 0.29) is 10.8 Å². The van der Waals surface area contributed by atoms with Crippen LogP contribution in [0.2, 0.25) is 0 Å². The van der Waals surface area contributed by atoms with Gasteiger partial charge in [0.15, 0.2) is 0 Å². The summed E-state index contributed by atoms with van der Waals surface area (Å²) in [6.45, 7) is 20.3. The molecule has 0 aromatic heterocycles. The van der Waals surface area contributed by atoms with Gasteiger partial charge < -0.3 is 0 Å². The lowest BCUT2D eigenvalue weighted by molar-refractivity contribution is 0.00646. The van der Waals surface area contributed by atoms with Crippen LogP contribution in [0.3, 0.4) is 0 Å². The van der Waals surface area contributed by atoms with Crippen LogP contribution in [-0.4, -0.2) is 0 Å². The van der Waals surface area contributed by atoms with Crippen LogP contribution in [0.1, 0.15) is 54.9 Å². The predicted octanol–water partition coefficient (Wildman–Crippen LogP) is 4.31. The molecule has 73 valence electrons. The summed E-state index contributed by atoms with van der Waals surface area (Å²) in [6.07, 6.45) is 1.21. The minimum Gasteiger partial charge on any atom is -0.0649 e. The van der Waals surface area contributed by atoms with Crippen LogP contribution in [-0.2, 0) is 0 Å². The van der Waals surface area contributed by atoms with Gasteiger partial charge in [0.05, 0.1) is 0 Å². The molecule has 1 radical (unpaired) electrons. The van der Waals surface area contributed by atoms with Crippen LogP contribution >= 0.6 is 0 Å². The molecular formula is C12H25. The largest absolute Gasteiger partial charge is 0.0649 e. The molecule has 0 amide bonds. The second kappa shape index (κ2) is 3.05. The summed E-state index contributed by atoms with van der Waals surface area (Å²) < 4.78 is 0. The smallest absolute Gasteiger partial charge is 0.0252 e. The summed E-state index contributed by atoms with van der Waals surface area (Å²) in [6, 6.07) is 0. The highest BCUT2D eigenvalue weighted by molar-refractivity contribution is 4.96. The first kappa shape index (κ1) is 12.0. The zero-order valence-corrected chi connectivity index (χ0v) is 9.91. The summed E-state index contributed by atoms with van der Waals surface area (Å²) in [5, 5.41) is 0. The Morgan fingerprint density at radius 2 is 1.25 bits per heavy atom. The highest BCUT2D eigenvalue weighted by atomic mass is 14.5. The molecule has 0 spiro atoms. The van der Waals surface area contributed by atoms with Crippen molar-refractivity contribution in [3.8, 4) is 0 Å². The summed E-state index contributed by atoms with van der Waals surface area (Å²) in [5.41, 5.74) is 0.763. The molecule has 12 heavy (non-hydrogen) atoms. The SMILES string of the molecule is [CH2]C(C)(C)C(C)(C)C(C)(C)CC. The van der Waals surface area contributed by atoms with Crippen molar-refractivity contribution in [2.45, 2.75) is 54.9 Å². The van der Waals surface area contributed by atoms with Gasteiger partial charge in [-0.15, -0.1) is 0 Å². The Morgan fingerprint density at radius 1 is 0.917 bits per heavy atom. The van der Waals surface area contributed by atoms with Crippen LogP contribution in [0.15, 0.2) is 0 Å². The summed E-state index contributed by atoms with van der Waals surface area (Å²) in [4.78, 5) is 0. The van der Waals surface area contributed by atoms with Crippen molar-refractivity contribution in [2.75, 3.05) is 0 Å². The summed E-state index contributed by atoms with van der Waals surface area (Å²) >= 11 is 0. The van der Waals surface area contributed by atoms with Gasteiger partial charge in [0.2, 0.25) is 0 Å². The van der Waals surface area contributed by atoms with Gasteiger partial charge in [-0.2, -0.15) is 0 Å². The first-order valence-corrected chi connectivity index (χ1v) is 4.91. The van der Waals surface area contributed by atoms with E-state index in [0.29, 0.717) is 5.41 Å². The van der Waals surface area contributed by atoms with Crippen molar-refractivity contribution in [2.24, 2.45) is 16.2 Å². The first-order chi connectivity index (χ1) is 5.06. The lowest BCUT2D eigenvalue weighted by Gasteiger charge is -2.50. The van der Waals surface area contributed by atoms with E-state index in [1.165, 1.54) is 6.42 Å². The van der Waals surface area contributed by atoms with Crippen LogP contribution < -0.4 is 0 Å². The normalized spacial score (nSPS) is 15.0. The molecule has 0 bridgehead atoms. The maximum Gasteiger partial charge on any atom is -0.0252 e. The monoisotopic (exact) mass is 169 g/mol. The zero-order chi connectivity index (χ0) is 10.2. The minimum absolute atomic E-state index is 0.131. The van der Waals surface area contributed by atoms with E-state index in [1.54, 1.807) is 0 Å². The molecule has 0 saturated heterocycles. The second-order valence-electron chi connectivity index (χ2n) is 5.75. The Kier molecular flexibility index (Phi) is 3.05. The first-order valence-electron chi connectivity index (χ1n) is 4.91. The van der Waals surface area contributed by atoms with Crippen molar-refractivity contribution < 1.29 is 0 Å². The molecule has 0 heteroatoms. The highest BCUT2D eigenvalue weighted by Crippen LogP contribution is 2.52. The van der Waals surface area contributed by atoms with E-state index < -0.39 is 0 Å². The Morgan fingerprint density at radius 3 is 1.33 bits per heavy atom. The average molecular weight is 169 g/mol. The van der Waals surface area contributed by atoms with E-state index in [4.69, 9.17) is 0 Å². The molecule has 0 saturated carbocycles. The maximum absolute atomic E-state index is 4.26. The van der Waals surface area contributed by atoms with Gasteiger partial charge in [0.1, 0.15) is 0 Å². The number of hydrogen-bond acceptors (Lipinski definition) is 0.